The molecule has 0 aliphatic heterocycles. The first kappa shape index (κ1) is 21.1. The molecule has 0 radical (unpaired) electrons. The number of rotatable bonds is 6. The van der Waals surface area contributed by atoms with E-state index < -0.39 is 17.8 Å². The van der Waals surface area contributed by atoms with Crippen molar-refractivity contribution in [2.75, 3.05) is 20.2 Å². The Balaban J connectivity index is 1.50. The van der Waals surface area contributed by atoms with E-state index in [4.69, 9.17) is 4.74 Å². The van der Waals surface area contributed by atoms with E-state index in [0.29, 0.717) is 5.56 Å². The van der Waals surface area contributed by atoms with Gasteiger partial charge < -0.3 is 14.2 Å². The van der Waals surface area contributed by atoms with Gasteiger partial charge in [0.25, 0.3) is 5.91 Å². The quantitative estimate of drug-likeness (QED) is 0.609. The molecule has 1 aromatic heterocycles. The summed E-state index contributed by atoms with van der Waals surface area (Å²) in [5.41, 5.74) is 6.78. The van der Waals surface area contributed by atoms with E-state index in [2.05, 4.69) is 20.4 Å². The molecule has 1 heterocycles. The number of hydrazine groups is 1. The van der Waals surface area contributed by atoms with Gasteiger partial charge in [-0.2, -0.15) is 0 Å². The lowest BCUT2D eigenvalue weighted by Gasteiger charge is -2.18. The summed E-state index contributed by atoms with van der Waals surface area (Å²) >= 11 is 0. The molecule has 0 saturated carbocycles. The highest BCUT2D eigenvalue weighted by Gasteiger charge is 2.13. The average molecular weight is 413 g/mol. The Morgan fingerprint density at radius 1 is 1.20 bits per heavy atom. The lowest BCUT2D eigenvalue weighted by molar-refractivity contribution is 0.0930. The van der Waals surface area contributed by atoms with Crippen molar-refractivity contribution in [3.63, 3.8) is 0 Å². The van der Waals surface area contributed by atoms with Crippen molar-refractivity contribution in [2.45, 2.75) is 20.4 Å². The van der Waals surface area contributed by atoms with E-state index in [1.165, 1.54) is 17.0 Å². The fourth-order valence-electron chi connectivity index (χ4n) is 3.02. The van der Waals surface area contributed by atoms with Crippen molar-refractivity contribution in [2.24, 2.45) is 0 Å². The average Bonchev–Trinajstić information content (AvgIpc) is 3.06. The van der Waals surface area contributed by atoms with Crippen LogP contribution in [0.5, 0.6) is 5.75 Å². The number of imidazole rings is 1. The summed E-state index contributed by atoms with van der Waals surface area (Å²) in [6, 6.07) is 10.7. The van der Waals surface area contributed by atoms with Crippen LogP contribution in [0.4, 0.5) is 9.18 Å². The number of benzene rings is 2. The number of urea groups is 1. The number of aryl methyl sites for hydroxylation is 2. The van der Waals surface area contributed by atoms with Gasteiger partial charge in [-0.05, 0) is 44.2 Å². The van der Waals surface area contributed by atoms with E-state index in [1.807, 2.05) is 19.9 Å². The molecular formula is C21H24FN5O3. The van der Waals surface area contributed by atoms with Gasteiger partial charge in [-0.25, -0.2) is 19.6 Å². The van der Waals surface area contributed by atoms with Crippen LogP contribution in [-0.4, -0.2) is 46.6 Å². The Morgan fingerprint density at radius 3 is 2.70 bits per heavy atom. The van der Waals surface area contributed by atoms with E-state index in [9.17, 15) is 14.0 Å². The van der Waals surface area contributed by atoms with E-state index in [-0.39, 0.29) is 18.9 Å². The topological polar surface area (TPSA) is 88.5 Å². The first-order chi connectivity index (χ1) is 14.4. The Hall–Kier alpha value is -3.62. The minimum absolute atomic E-state index is 0.106. The van der Waals surface area contributed by atoms with Crippen LogP contribution < -0.4 is 15.6 Å². The zero-order chi connectivity index (χ0) is 21.7. The SMILES string of the molecule is CCn1c(C)nc2cc(C(=O)NNC(=O)N(C)CCOc3ccccc3F)ccc21. The molecule has 3 rings (SSSR count). The molecule has 2 aromatic carbocycles. The summed E-state index contributed by atoms with van der Waals surface area (Å²) < 4.78 is 20.9. The minimum Gasteiger partial charge on any atom is -0.489 e. The molecule has 3 aromatic rings. The minimum atomic E-state index is -0.521. The number of likely N-dealkylation sites (N-methyl/N-ethyl adjacent to an activating group) is 1. The highest BCUT2D eigenvalue weighted by molar-refractivity contribution is 5.98. The predicted octanol–water partition coefficient (Wildman–Crippen LogP) is 2.87. The molecule has 0 bridgehead atoms. The fourth-order valence-corrected chi connectivity index (χ4v) is 3.02. The summed E-state index contributed by atoms with van der Waals surface area (Å²) in [5.74, 6) is 0.0751. The Morgan fingerprint density at radius 2 is 1.97 bits per heavy atom. The van der Waals surface area contributed by atoms with Gasteiger partial charge in [-0.1, -0.05) is 12.1 Å². The smallest absolute Gasteiger partial charge is 0.335 e. The van der Waals surface area contributed by atoms with Crippen molar-refractivity contribution >= 4 is 23.0 Å². The van der Waals surface area contributed by atoms with Crippen LogP contribution in [0, 0.1) is 12.7 Å². The molecule has 30 heavy (non-hydrogen) atoms. The molecule has 0 aliphatic carbocycles. The summed E-state index contributed by atoms with van der Waals surface area (Å²) in [6.07, 6.45) is 0. The lowest BCUT2D eigenvalue weighted by Crippen LogP contribution is -2.48. The molecule has 8 nitrogen and oxygen atoms in total. The maximum absolute atomic E-state index is 13.5. The maximum Gasteiger partial charge on any atom is 0.335 e. The second-order valence-corrected chi connectivity index (χ2v) is 6.69. The maximum atomic E-state index is 13.5. The highest BCUT2D eigenvalue weighted by Crippen LogP contribution is 2.18. The number of aromatic nitrogens is 2. The van der Waals surface area contributed by atoms with Crippen LogP contribution in [0.3, 0.4) is 0 Å². The van der Waals surface area contributed by atoms with Crippen molar-refractivity contribution in [1.29, 1.82) is 0 Å². The Labute approximate surface area is 173 Å². The normalized spacial score (nSPS) is 10.7. The van der Waals surface area contributed by atoms with Gasteiger partial charge in [0.2, 0.25) is 0 Å². The summed E-state index contributed by atoms with van der Waals surface area (Å²) in [4.78, 5) is 30.3. The van der Waals surface area contributed by atoms with Gasteiger partial charge in [0.15, 0.2) is 11.6 Å². The summed E-state index contributed by atoms with van der Waals surface area (Å²) in [7, 11) is 1.54. The second kappa shape index (κ2) is 9.25. The molecular weight excluding hydrogens is 389 g/mol. The zero-order valence-corrected chi connectivity index (χ0v) is 17.1. The lowest BCUT2D eigenvalue weighted by atomic mass is 10.2. The summed E-state index contributed by atoms with van der Waals surface area (Å²) in [5, 5.41) is 0. The largest absolute Gasteiger partial charge is 0.489 e. The third kappa shape index (κ3) is 4.68. The third-order valence-corrected chi connectivity index (χ3v) is 4.67. The molecule has 0 atom stereocenters. The monoisotopic (exact) mass is 413 g/mol. The number of carbonyl (C=O) groups excluding carboxylic acids is 2. The third-order valence-electron chi connectivity index (χ3n) is 4.67. The molecule has 158 valence electrons. The molecule has 0 spiro atoms. The Bertz CT molecular complexity index is 1070. The number of amides is 3. The number of hydrogen-bond acceptors (Lipinski definition) is 4. The van der Waals surface area contributed by atoms with E-state index >= 15 is 0 Å². The van der Waals surface area contributed by atoms with Gasteiger partial charge >= 0.3 is 6.03 Å². The number of nitrogens with one attached hydrogen (secondary N) is 2. The highest BCUT2D eigenvalue weighted by atomic mass is 19.1. The number of fused-ring (bicyclic) bond motifs is 1. The van der Waals surface area contributed by atoms with Crippen LogP contribution in [0.2, 0.25) is 0 Å². The number of nitrogens with zero attached hydrogens (tertiary/aromatic N) is 3. The van der Waals surface area contributed by atoms with Crippen LogP contribution >= 0.6 is 0 Å². The van der Waals surface area contributed by atoms with Gasteiger partial charge in [-0.15, -0.1) is 0 Å². The Kier molecular flexibility index (Phi) is 6.51. The van der Waals surface area contributed by atoms with Crippen molar-refractivity contribution < 1.29 is 18.7 Å². The first-order valence-electron chi connectivity index (χ1n) is 9.56. The molecule has 9 heteroatoms. The molecule has 0 unspecified atom stereocenters. The van der Waals surface area contributed by atoms with Gasteiger partial charge in [0, 0.05) is 19.2 Å². The van der Waals surface area contributed by atoms with Crippen LogP contribution in [-0.2, 0) is 6.54 Å². The van der Waals surface area contributed by atoms with E-state index in [0.717, 1.165) is 23.4 Å². The van der Waals surface area contributed by atoms with Gasteiger partial charge in [0.05, 0.1) is 17.6 Å². The predicted molar refractivity (Wildman–Crippen MR) is 111 cm³/mol. The van der Waals surface area contributed by atoms with Gasteiger partial charge in [0.1, 0.15) is 12.4 Å². The molecule has 2 N–H and O–H groups in total. The number of halogens is 1. The fraction of sp³-hybridized carbons (Fsp3) is 0.286. The number of ether oxygens (including phenoxy) is 1. The van der Waals surface area contributed by atoms with Crippen LogP contribution in [0.15, 0.2) is 42.5 Å². The standard InChI is InChI=1S/C21H24FN5O3/c1-4-27-14(2)23-17-13-15(9-10-18(17)27)20(28)24-25-21(29)26(3)11-12-30-19-8-6-5-7-16(19)22/h5-10,13H,4,11-12H2,1-3H3,(H,24,28)(H,25,29). The van der Waals surface area contributed by atoms with Crippen LogP contribution in [0.1, 0.15) is 23.1 Å². The second-order valence-electron chi connectivity index (χ2n) is 6.69. The van der Waals surface area contributed by atoms with E-state index in [1.54, 1.807) is 31.3 Å². The number of hydrogen-bond donors (Lipinski definition) is 2. The van der Waals surface area contributed by atoms with Crippen LogP contribution in [0.25, 0.3) is 11.0 Å². The van der Waals surface area contributed by atoms with Crippen molar-refractivity contribution in [3.8, 4) is 5.75 Å². The first-order valence-corrected chi connectivity index (χ1v) is 9.56. The van der Waals surface area contributed by atoms with Crippen molar-refractivity contribution in [3.05, 3.63) is 59.7 Å². The molecule has 0 aliphatic rings. The number of para-hydroxylation sites is 1. The zero-order valence-electron chi connectivity index (χ0n) is 17.1. The summed E-state index contributed by atoms with van der Waals surface area (Å²) in [6.45, 7) is 5.04. The molecule has 0 saturated heterocycles. The molecule has 3 amide bonds. The number of carbonyl (C=O) groups is 2. The van der Waals surface area contributed by atoms with Crippen molar-refractivity contribution in [1.82, 2.24) is 25.3 Å². The molecule has 0 fully saturated rings. The van der Waals surface area contributed by atoms with Gasteiger partial charge in [-0.3, -0.25) is 10.2 Å².